The Labute approximate surface area is 88.8 Å². The Morgan fingerprint density at radius 1 is 1.53 bits per heavy atom. The van der Waals surface area contributed by atoms with E-state index < -0.39 is 0 Å². The third-order valence-electron chi connectivity index (χ3n) is 2.17. The minimum atomic E-state index is 0.0999. The van der Waals surface area contributed by atoms with Gasteiger partial charge in [-0.25, -0.2) is 9.97 Å². The number of nitrogens with zero attached hydrogens (tertiary/aromatic N) is 2. The van der Waals surface area contributed by atoms with Crippen LogP contribution in [0.1, 0.15) is 5.69 Å². The summed E-state index contributed by atoms with van der Waals surface area (Å²) in [6, 6.07) is 1.87. The predicted octanol–water partition coefficient (Wildman–Crippen LogP) is 0.612. The predicted molar refractivity (Wildman–Crippen MR) is 55.8 cm³/mol. The van der Waals surface area contributed by atoms with E-state index >= 15 is 0 Å². The van der Waals surface area contributed by atoms with Crippen LogP contribution in [0.15, 0.2) is 12.3 Å². The normalized spacial score (nSPS) is 21.3. The molecule has 0 radical (unpaired) electrons. The molecule has 1 unspecified atom stereocenters. The summed E-state index contributed by atoms with van der Waals surface area (Å²) >= 11 is 0. The molecule has 0 aliphatic carbocycles. The van der Waals surface area contributed by atoms with Crippen LogP contribution in [0.5, 0.6) is 0 Å². The van der Waals surface area contributed by atoms with E-state index in [1.807, 2.05) is 13.0 Å². The van der Waals surface area contributed by atoms with Gasteiger partial charge < -0.3 is 14.8 Å². The van der Waals surface area contributed by atoms with Gasteiger partial charge in [-0.15, -0.1) is 0 Å². The molecule has 15 heavy (non-hydrogen) atoms. The molecule has 0 bridgehead atoms. The molecule has 1 saturated heterocycles. The molecule has 0 amide bonds. The first-order chi connectivity index (χ1) is 7.34. The molecule has 1 aromatic rings. The SMILES string of the molecule is Cc1ccnc(NCC2COCCO2)n1. The van der Waals surface area contributed by atoms with Crippen LogP contribution in [-0.4, -0.2) is 42.4 Å². The molecule has 1 aromatic heterocycles. The van der Waals surface area contributed by atoms with E-state index in [1.54, 1.807) is 6.20 Å². The van der Waals surface area contributed by atoms with Crippen molar-refractivity contribution in [2.24, 2.45) is 0 Å². The zero-order chi connectivity index (χ0) is 10.5. The van der Waals surface area contributed by atoms with Gasteiger partial charge in [0.15, 0.2) is 0 Å². The Morgan fingerprint density at radius 3 is 3.20 bits per heavy atom. The highest BCUT2D eigenvalue weighted by Gasteiger charge is 2.13. The van der Waals surface area contributed by atoms with Gasteiger partial charge in [-0.3, -0.25) is 0 Å². The van der Waals surface area contributed by atoms with Gasteiger partial charge in [-0.05, 0) is 13.0 Å². The van der Waals surface area contributed by atoms with Crippen molar-refractivity contribution in [1.82, 2.24) is 9.97 Å². The lowest BCUT2D eigenvalue weighted by Gasteiger charge is -2.22. The molecular formula is C10H15N3O2. The first-order valence-corrected chi connectivity index (χ1v) is 5.07. The van der Waals surface area contributed by atoms with Gasteiger partial charge in [-0.2, -0.15) is 0 Å². The maximum Gasteiger partial charge on any atom is 0.222 e. The van der Waals surface area contributed by atoms with Crippen LogP contribution in [0.4, 0.5) is 5.95 Å². The molecule has 1 aliphatic heterocycles. The van der Waals surface area contributed by atoms with Crippen LogP contribution in [0.3, 0.4) is 0 Å². The highest BCUT2D eigenvalue weighted by molar-refractivity contribution is 5.24. The summed E-state index contributed by atoms with van der Waals surface area (Å²) in [4.78, 5) is 8.34. The van der Waals surface area contributed by atoms with Crippen molar-refractivity contribution in [3.05, 3.63) is 18.0 Å². The topological polar surface area (TPSA) is 56.3 Å². The second-order valence-corrected chi connectivity index (χ2v) is 3.47. The lowest BCUT2D eigenvalue weighted by atomic mass is 10.3. The van der Waals surface area contributed by atoms with Gasteiger partial charge in [0.25, 0.3) is 0 Å². The van der Waals surface area contributed by atoms with Gasteiger partial charge in [0, 0.05) is 18.4 Å². The van der Waals surface area contributed by atoms with Crippen LogP contribution in [-0.2, 0) is 9.47 Å². The first-order valence-electron chi connectivity index (χ1n) is 5.07. The third kappa shape index (κ3) is 3.14. The van der Waals surface area contributed by atoms with Gasteiger partial charge >= 0.3 is 0 Å². The van der Waals surface area contributed by atoms with Crippen molar-refractivity contribution in [2.75, 3.05) is 31.7 Å². The minimum absolute atomic E-state index is 0.0999. The van der Waals surface area contributed by atoms with Crippen LogP contribution in [0.25, 0.3) is 0 Å². The molecule has 1 atom stereocenters. The Morgan fingerprint density at radius 2 is 2.47 bits per heavy atom. The van der Waals surface area contributed by atoms with E-state index in [1.165, 1.54) is 0 Å². The second kappa shape index (κ2) is 5.04. The van der Waals surface area contributed by atoms with E-state index in [4.69, 9.17) is 9.47 Å². The monoisotopic (exact) mass is 209 g/mol. The molecule has 1 N–H and O–H groups in total. The molecule has 1 fully saturated rings. The summed E-state index contributed by atoms with van der Waals surface area (Å²) in [5.74, 6) is 0.643. The number of hydrogen-bond acceptors (Lipinski definition) is 5. The van der Waals surface area contributed by atoms with E-state index in [2.05, 4.69) is 15.3 Å². The van der Waals surface area contributed by atoms with Crippen molar-refractivity contribution in [3.8, 4) is 0 Å². The minimum Gasteiger partial charge on any atom is -0.376 e. The number of anilines is 1. The Kier molecular flexibility index (Phi) is 3.47. The van der Waals surface area contributed by atoms with E-state index in [9.17, 15) is 0 Å². The number of nitrogens with one attached hydrogen (secondary N) is 1. The summed E-state index contributed by atoms with van der Waals surface area (Å²) in [7, 11) is 0. The molecule has 2 rings (SSSR count). The molecule has 0 saturated carbocycles. The largest absolute Gasteiger partial charge is 0.376 e. The van der Waals surface area contributed by atoms with Crippen molar-refractivity contribution in [1.29, 1.82) is 0 Å². The molecule has 2 heterocycles. The first kappa shape index (κ1) is 10.3. The quantitative estimate of drug-likeness (QED) is 0.790. The Bertz CT molecular complexity index is 313. The summed E-state index contributed by atoms with van der Waals surface area (Å²) in [5.41, 5.74) is 0.952. The second-order valence-electron chi connectivity index (χ2n) is 3.47. The molecule has 0 aromatic carbocycles. The van der Waals surface area contributed by atoms with Gasteiger partial charge in [0.05, 0.1) is 25.9 Å². The lowest BCUT2D eigenvalue weighted by molar-refractivity contribution is -0.0819. The standard InChI is InChI=1S/C10H15N3O2/c1-8-2-3-11-10(13-8)12-6-9-7-14-4-5-15-9/h2-3,9H,4-7H2,1H3,(H,11,12,13). The van der Waals surface area contributed by atoms with Crippen LogP contribution >= 0.6 is 0 Å². The molecule has 0 spiro atoms. The summed E-state index contributed by atoms with van der Waals surface area (Å²) in [6.07, 6.45) is 1.84. The van der Waals surface area contributed by atoms with Crippen LogP contribution in [0.2, 0.25) is 0 Å². The van der Waals surface area contributed by atoms with E-state index in [0.29, 0.717) is 32.3 Å². The highest BCUT2D eigenvalue weighted by atomic mass is 16.6. The number of ether oxygens (including phenoxy) is 2. The lowest BCUT2D eigenvalue weighted by Crippen LogP contribution is -2.34. The van der Waals surface area contributed by atoms with Crippen molar-refractivity contribution in [2.45, 2.75) is 13.0 Å². The van der Waals surface area contributed by atoms with Crippen LogP contribution < -0.4 is 5.32 Å². The number of hydrogen-bond donors (Lipinski definition) is 1. The van der Waals surface area contributed by atoms with Gasteiger partial charge in [0.2, 0.25) is 5.95 Å². The fraction of sp³-hybridized carbons (Fsp3) is 0.600. The fourth-order valence-corrected chi connectivity index (χ4v) is 1.39. The molecule has 5 heteroatoms. The van der Waals surface area contributed by atoms with Crippen LogP contribution in [0, 0.1) is 6.92 Å². The highest BCUT2D eigenvalue weighted by Crippen LogP contribution is 2.03. The summed E-state index contributed by atoms with van der Waals surface area (Å²) in [6.45, 7) is 4.62. The number of aromatic nitrogens is 2. The van der Waals surface area contributed by atoms with E-state index in [0.717, 1.165) is 5.69 Å². The van der Waals surface area contributed by atoms with Crippen molar-refractivity contribution >= 4 is 5.95 Å². The van der Waals surface area contributed by atoms with E-state index in [-0.39, 0.29) is 6.10 Å². The molecule has 82 valence electrons. The zero-order valence-electron chi connectivity index (χ0n) is 8.77. The zero-order valence-corrected chi connectivity index (χ0v) is 8.77. The molecular weight excluding hydrogens is 194 g/mol. The maximum atomic E-state index is 5.49. The Balaban J connectivity index is 1.81. The van der Waals surface area contributed by atoms with Gasteiger partial charge in [-0.1, -0.05) is 0 Å². The maximum absolute atomic E-state index is 5.49. The van der Waals surface area contributed by atoms with Crippen molar-refractivity contribution < 1.29 is 9.47 Å². The van der Waals surface area contributed by atoms with Crippen molar-refractivity contribution in [3.63, 3.8) is 0 Å². The Hall–Kier alpha value is -1.20. The number of rotatable bonds is 3. The molecule has 5 nitrogen and oxygen atoms in total. The van der Waals surface area contributed by atoms with Gasteiger partial charge in [0.1, 0.15) is 0 Å². The smallest absolute Gasteiger partial charge is 0.222 e. The average Bonchev–Trinajstić information content (AvgIpc) is 2.28. The fourth-order valence-electron chi connectivity index (χ4n) is 1.39. The molecule has 1 aliphatic rings. The average molecular weight is 209 g/mol. The summed E-state index contributed by atoms with van der Waals surface area (Å²) < 4.78 is 10.8. The number of aryl methyl sites for hydroxylation is 1. The third-order valence-corrected chi connectivity index (χ3v) is 2.17. The summed E-state index contributed by atoms with van der Waals surface area (Å²) in [5, 5.41) is 3.13.